The van der Waals surface area contributed by atoms with Crippen molar-refractivity contribution < 1.29 is 0 Å². The Morgan fingerprint density at radius 3 is 1.68 bits per heavy atom. The molecule has 14 aromatic rings. The van der Waals surface area contributed by atoms with Gasteiger partial charge in [0.15, 0.2) is 0 Å². The molecular formula is C72H49N3. The van der Waals surface area contributed by atoms with Crippen molar-refractivity contribution in [1.82, 2.24) is 9.99 Å². The van der Waals surface area contributed by atoms with Gasteiger partial charge in [0.25, 0.3) is 0 Å². The molecule has 1 aliphatic heterocycles. The van der Waals surface area contributed by atoms with Gasteiger partial charge in [-0.15, -0.1) is 0 Å². The molecule has 13 aromatic carbocycles. The molecule has 1 atom stereocenters. The van der Waals surface area contributed by atoms with Crippen molar-refractivity contribution >= 4 is 70.6 Å². The first-order valence-electron chi connectivity index (χ1n) is 26.0. The number of anilines is 1. The molecule has 1 N–H and O–H groups in total. The van der Waals surface area contributed by atoms with Gasteiger partial charge in [-0.05, 0) is 153 Å². The smallest absolute Gasteiger partial charge is 0.0783 e. The van der Waals surface area contributed by atoms with Gasteiger partial charge >= 0.3 is 0 Å². The predicted octanol–water partition coefficient (Wildman–Crippen LogP) is 18.7. The highest BCUT2D eigenvalue weighted by Crippen LogP contribution is 2.45. The third-order valence-corrected chi connectivity index (χ3v) is 15.8. The third kappa shape index (κ3) is 7.31. The van der Waals surface area contributed by atoms with Gasteiger partial charge < -0.3 is 9.58 Å². The first-order valence-corrected chi connectivity index (χ1v) is 26.0. The molecule has 0 radical (unpaired) electrons. The maximum Gasteiger partial charge on any atom is 0.0783 e. The van der Waals surface area contributed by atoms with Crippen LogP contribution < -0.4 is 10.4 Å². The monoisotopic (exact) mass is 955 g/mol. The number of rotatable bonds is 8. The van der Waals surface area contributed by atoms with E-state index in [1.54, 1.807) is 0 Å². The summed E-state index contributed by atoms with van der Waals surface area (Å²) in [5.41, 5.74) is 22.2. The molecule has 15 rings (SSSR count). The number of nitrogens with one attached hydrogen (secondary N) is 1. The van der Waals surface area contributed by atoms with Crippen LogP contribution in [0.2, 0.25) is 0 Å². The van der Waals surface area contributed by atoms with Crippen LogP contribution in [0.3, 0.4) is 0 Å². The molecule has 0 bridgehead atoms. The Balaban J connectivity index is 0.795. The van der Waals surface area contributed by atoms with Crippen molar-refractivity contribution in [3.8, 4) is 50.2 Å². The van der Waals surface area contributed by atoms with Crippen LogP contribution in [0, 0.1) is 0 Å². The molecular weight excluding hydrogens is 907 g/mol. The Morgan fingerprint density at radius 2 is 0.920 bits per heavy atom. The summed E-state index contributed by atoms with van der Waals surface area (Å²) in [6, 6.07) is 101. The maximum absolute atomic E-state index is 3.97. The van der Waals surface area contributed by atoms with Crippen LogP contribution in [-0.2, 0) is 6.54 Å². The fourth-order valence-electron chi connectivity index (χ4n) is 12.2. The van der Waals surface area contributed by atoms with E-state index in [9.17, 15) is 0 Å². The fourth-order valence-corrected chi connectivity index (χ4v) is 12.2. The number of fused-ring (bicyclic) bond motifs is 10. The highest BCUT2D eigenvalue weighted by Gasteiger charge is 2.30. The van der Waals surface area contributed by atoms with Gasteiger partial charge in [-0.3, -0.25) is 0 Å². The molecule has 3 nitrogen and oxygen atoms in total. The number of para-hydroxylation sites is 1. The number of hydrazine groups is 1. The van der Waals surface area contributed by atoms with Crippen molar-refractivity contribution in [2.45, 2.75) is 12.6 Å². The number of hydrogen-bond acceptors (Lipinski definition) is 2. The van der Waals surface area contributed by atoms with E-state index >= 15 is 0 Å². The van der Waals surface area contributed by atoms with Gasteiger partial charge in [0.2, 0.25) is 0 Å². The number of benzene rings is 13. The zero-order chi connectivity index (χ0) is 49.4. The summed E-state index contributed by atoms with van der Waals surface area (Å²) in [7, 11) is 0. The molecule has 0 spiro atoms. The molecule has 0 aliphatic carbocycles. The van der Waals surface area contributed by atoms with Crippen LogP contribution in [0.4, 0.5) is 5.69 Å². The molecule has 2 heterocycles. The summed E-state index contributed by atoms with van der Waals surface area (Å²) in [4.78, 5) is 0. The lowest BCUT2D eigenvalue weighted by atomic mass is 9.92. The molecule has 1 aromatic heterocycles. The first kappa shape index (κ1) is 43.1. The SMILES string of the molecule is c1ccc(-c2cc(-c3ccccc3)cc(-c3ccc(C4NN(Cc5cccc6cc(-n7c8ccc9ccccc9c8c8c9ccccc9c(-c9ccc%10ccccc%10c9)cc87)ccc56)c5ccccc54)cc3)c2)cc1. The Hall–Kier alpha value is -9.54. The lowest BCUT2D eigenvalue weighted by Crippen LogP contribution is -2.34. The van der Waals surface area contributed by atoms with E-state index in [0.29, 0.717) is 6.54 Å². The molecule has 352 valence electrons. The zero-order valence-electron chi connectivity index (χ0n) is 41.2. The molecule has 0 amide bonds. The number of hydrogen-bond donors (Lipinski definition) is 1. The van der Waals surface area contributed by atoms with Crippen molar-refractivity contribution in [3.05, 3.63) is 290 Å². The van der Waals surface area contributed by atoms with Crippen molar-refractivity contribution in [2.75, 3.05) is 5.01 Å². The van der Waals surface area contributed by atoms with E-state index < -0.39 is 0 Å². The average Bonchev–Trinajstić information content (AvgIpc) is 4.12. The second-order valence-corrected chi connectivity index (χ2v) is 20.1. The lowest BCUT2D eigenvalue weighted by molar-refractivity contribution is 0.605. The molecule has 0 saturated carbocycles. The van der Waals surface area contributed by atoms with E-state index in [1.165, 1.54) is 132 Å². The van der Waals surface area contributed by atoms with Crippen LogP contribution in [-0.4, -0.2) is 4.57 Å². The summed E-state index contributed by atoms with van der Waals surface area (Å²) >= 11 is 0. The first-order chi connectivity index (χ1) is 37.2. The van der Waals surface area contributed by atoms with Crippen LogP contribution in [0.25, 0.3) is 115 Å². The van der Waals surface area contributed by atoms with Gasteiger partial charge in [0, 0.05) is 22.0 Å². The summed E-state index contributed by atoms with van der Waals surface area (Å²) in [6.07, 6.45) is 0. The van der Waals surface area contributed by atoms with Crippen LogP contribution in [0.1, 0.15) is 22.7 Å². The van der Waals surface area contributed by atoms with Gasteiger partial charge in [-0.1, -0.05) is 218 Å². The summed E-state index contributed by atoms with van der Waals surface area (Å²) < 4.78 is 2.51. The molecule has 0 fully saturated rings. The summed E-state index contributed by atoms with van der Waals surface area (Å²) in [5, 5.41) is 14.9. The van der Waals surface area contributed by atoms with Crippen LogP contribution >= 0.6 is 0 Å². The normalized spacial score (nSPS) is 13.4. The second kappa shape index (κ2) is 17.6. The van der Waals surface area contributed by atoms with E-state index in [0.717, 1.165) is 5.69 Å². The van der Waals surface area contributed by atoms with E-state index in [-0.39, 0.29) is 6.04 Å². The Morgan fingerprint density at radius 1 is 0.333 bits per heavy atom. The molecule has 3 heteroatoms. The van der Waals surface area contributed by atoms with Gasteiger partial charge in [-0.2, -0.15) is 0 Å². The quantitative estimate of drug-likeness (QED) is 0.164. The van der Waals surface area contributed by atoms with Crippen LogP contribution in [0.5, 0.6) is 0 Å². The van der Waals surface area contributed by atoms with E-state index in [1.807, 2.05) is 0 Å². The third-order valence-electron chi connectivity index (χ3n) is 15.8. The molecule has 75 heavy (non-hydrogen) atoms. The minimum absolute atomic E-state index is 0.00863. The van der Waals surface area contributed by atoms with Crippen molar-refractivity contribution in [2.24, 2.45) is 0 Å². The Bertz CT molecular complexity index is 4480. The molecule has 0 saturated heterocycles. The maximum atomic E-state index is 3.97. The standard InChI is InChI=1S/C72H49N3/c1-3-16-47(17-4-1)57-41-58(48-18-5-2-6-19-48)43-59(42-57)50-30-33-52(34-31-50)72-65-28-13-14-29-67(65)74(73-72)46-56-24-15-23-54-44-60(37-38-61(54)56)75-68-39-36-51-21-9-10-25-62(51)70(68)71-64-27-12-11-26-63(64)66(45-69(71)75)55-35-32-49-20-7-8-22-53(49)40-55/h1-45,72-73H,46H2. The highest BCUT2D eigenvalue weighted by atomic mass is 15.5. The average molecular weight is 956 g/mol. The Labute approximate surface area is 435 Å². The predicted molar refractivity (Wildman–Crippen MR) is 317 cm³/mol. The second-order valence-electron chi connectivity index (χ2n) is 20.1. The molecule has 1 unspecified atom stereocenters. The van der Waals surface area contributed by atoms with Crippen LogP contribution in [0.15, 0.2) is 273 Å². The lowest BCUT2D eigenvalue weighted by Gasteiger charge is -2.22. The number of nitrogens with zero attached hydrogens (tertiary/aromatic N) is 2. The Kier molecular flexibility index (Phi) is 10.1. The minimum atomic E-state index is 0.00863. The zero-order valence-corrected chi connectivity index (χ0v) is 41.2. The largest absolute Gasteiger partial charge is 0.309 e. The molecule has 1 aliphatic rings. The van der Waals surface area contributed by atoms with Gasteiger partial charge in [0.05, 0.1) is 29.3 Å². The number of aromatic nitrogens is 1. The highest BCUT2D eigenvalue weighted by molar-refractivity contribution is 6.30. The fraction of sp³-hybridized carbons (Fsp3) is 0.0278. The summed E-state index contributed by atoms with van der Waals surface area (Å²) in [6.45, 7) is 0.708. The minimum Gasteiger partial charge on any atom is -0.309 e. The van der Waals surface area contributed by atoms with E-state index in [2.05, 4.69) is 288 Å². The van der Waals surface area contributed by atoms with Crippen molar-refractivity contribution in [3.63, 3.8) is 0 Å². The van der Waals surface area contributed by atoms with Crippen molar-refractivity contribution in [1.29, 1.82) is 0 Å². The summed E-state index contributed by atoms with van der Waals surface area (Å²) in [5.74, 6) is 0. The van der Waals surface area contributed by atoms with E-state index in [4.69, 9.17) is 0 Å². The van der Waals surface area contributed by atoms with Gasteiger partial charge in [-0.25, -0.2) is 5.43 Å². The van der Waals surface area contributed by atoms with Gasteiger partial charge in [0.1, 0.15) is 0 Å². The topological polar surface area (TPSA) is 20.2 Å².